The van der Waals surface area contributed by atoms with Gasteiger partial charge in [0.15, 0.2) is 0 Å². The van der Waals surface area contributed by atoms with Crippen LogP contribution in [0.5, 0.6) is 0 Å². The van der Waals surface area contributed by atoms with Crippen LogP contribution in [0.25, 0.3) is 0 Å². The van der Waals surface area contributed by atoms with E-state index in [1.165, 1.54) is 0 Å². The Morgan fingerprint density at radius 2 is 1.46 bits per heavy atom. The normalized spacial score (nSPS) is 11.5. The molecule has 0 saturated carbocycles. The second kappa shape index (κ2) is 10.00. The van der Waals surface area contributed by atoms with Crippen molar-refractivity contribution < 1.29 is 4.79 Å². The van der Waals surface area contributed by atoms with E-state index in [1.54, 1.807) is 0 Å². The van der Waals surface area contributed by atoms with Gasteiger partial charge in [0.25, 0.3) is 0 Å². The van der Waals surface area contributed by atoms with E-state index in [4.69, 9.17) is 0 Å². The van der Waals surface area contributed by atoms with Crippen LogP contribution >= 0.6 is 15.9 Å². The van der Waals surface area contributed by atoms with Crippen LogP contribution in [-0.4, -0.2) is 11.6 Å². The van der Waals surface area contributed by atoms with Crippen molar-refractivity contribution in [2.45, 2.75) is 19.8 Å². The minimum atomic E-state index is -0.191. The van der Waals surface area contributed by atoms with Crippen molar-refractivity contribution >= 4 is 27.5 Å². The molecule has 0 fully saturated rings. The zero-order valence-corrected chi connectivity index (χ0v) is 17.4. The first-order valence-corrected chi connectivity index (χ1v) is 10.1. The Kier molecular flexibility index (Phi) is 7.15. The molecule has 0 aromatic heterocycles. The van der Waals surface area contributed by atoms with Crippen LogP contribution in [0, 0.1) is 5.92 Å². The quantitative estimate of drug-likeness (QED) is 0.392. The van der Waals surface area contributed by atoms with Gasteiger partial charge in [-0.15, -0.1) is 0 Å². The van der Waals surface area contributed by atoms with Gasteiger partial charge in [0.05, 0.1) is 5.71 Å². The third-order valence-electron chi connectivity index (χ3n) is 4.60. The molecule has 0 aliphatic heterocycles. The lowest BCUT2D eigenvalue weighted by atomic mass is 9.92. The number of nitrogens with one attached hydrogen (secondary N) is 1. The Labute approximate surface area is 174 Å². The summed E-state index contributed by atoms with van der Waals surface area (Å²) in [5.41, 5.74) is 6.80. The number of rotatable bonds is 7. The van der Waals surface area contributed by atoms with Crippen molar-refractivity contribution in [3.05, 3.63) is 106 Å². The number of carbonyl (C=O) groups is 1. The van der Waals surface area contributed by atoms with Crippen molar-refractivity contribution in [2.75, 3.05) is 0 Å². The topological polar surface area (TPSA) is 41.5 Å². The fourth-order valence-electron chi connectivity index (χ4n) is 3.06. The van der Waals surface area contributed by atoms with Gasteiger partial charge >= 0.3 is 0 Å². The lowest BCUT2D eigenvalue weighted by Gasteiger charge is -2.16. The van der Waals surface area contributed by atoms with Gasteiger partial charge in [-0.05, 0) is 48.6 Å². The number of hydrogen-bond donors (Lipinski definition) is 1. The second-order valence-corrected chi connectivity index (χ2v) is 7.68. The molecule has 1 N–H and O–H groups in total. The SMILES string of the molecule is C/C(=N/NC(=O)C(Cc1ccccc1)Cc1ccccc1)c1cccc(Br)c1. The molecule has 0 unspecified atom stereocenters. The maximum atomic E-state index is 12.9. The van der Waals surface area contributed by atoms with Crippen LogP contribution in [0.3, 0.4) is 0 Å². The molecule has 0 radical (unpaired) electrons. The van der Waals surface area contributed by atoms with Crippen LogP contribution < -0.4 is 5.43 Å². The number of amides is 1. The van der Waals surface area contributed by atoms with Crippen LogP contribution in [0.15, 0.2) is 94.5 Å². The van der Waals surface area contributed by atoms with E-state index >= 15 is 0 Å². The maximum absolute atomic E-state index is 12.9. The summed E-state index contributed by atoms with van der Waals surface area (Å²) in [7, 11) is 0. The van der Waals surface area contributed by atoms with Crippen molar-refractivity contribution in [3.8, 4) is 0 Å². The number of carbonyl (C=O) groups excluding carboxylic acids is 1. The van der Waals surface area contributed by atoms with Crippen molar-refractivity contribution in [1.82, 2.24) is 5.43 Å². The lowest BCUT2D eigenvalue weighted by molar-refractivity contribution is -0.124. The summed E-state index contributed by atoms with van der Waals surface area (Å²) in [6.45, 7) is 1.89. The second-order valence-electron chi connectivity index (χ2n) is 6.76. The number of benzene rings is 3. The van der Waals surface area contributed by atoms with Gasteiger partial charge in [-0.25, -0.2) is 5.43 Å². The monoisotopic (exact) mass is 434 g/mol. The van der Waals surface area contributed by atoms with E-state index < -0.39 is 0 Å². The first-order valence-electron chi connectivity index (χ1n) is 9.30. The molecule has 0 aliphatic rings. The molecule has 28 heavy (non-hydrogen) atoms. The standard InChI is InChI=1S/C24H23BrN2O/c1-18(21-13-8-14-23(25)17-21)26-27-24(28)22(15-19-9-4-2-5-10-19)16-20-11-6-3-7-12-20/h2-14,17,22H,15-16H2,1H3,(H,27,28)/b26-18-. The van der Waals surface area contributed by atoms with Crippen LogP contribution in [0.4, 0.5) is 0 Å². The molecule has 0 spiro atoms. The highest BCUT2D eigenvalue weighted by Gasteiger charge is 2.19. The number of hydrogen-bond acceptors (Lipinski definition) is 2. The molecule has 1 amide bonds. The van der Waals surface area contributed by atoms with E-state index in [0.717, 1.165) is 26.9 Å². The molecular weight excluding hydrogens is 412 g/mol. The number of hydrazone groups is 1. The number of nitrogens with zero attached hydrogens (tertiary/aromatic N) is 1. The summed E-state index contributed by atoms with van der Waals surface area (Å²) in [6.07, 6.45) is 1.35. The molecule has 142 valence electrons. The molecule has 0 saturated heterocycles. The van der Waals surface area contributed by atoms with E-state index in [2.05, 4.69) is 50.7 Å². The molecule has 4 heteroatoms. The van der Waals surface area contributed by atoms with E-state index in [9.17, 15) is 4.79 Å². The zero-order chi connectivity index (χ0) is 19.8. The van der Waals surface area contributed by atoms with E-state index in [0.29, 0.717) is 12.8 Å². The van der Waals surface area contributed by atoms with E-state index in [-0.39, 0.29) is 11.8 Å². The molecular formula is C24H23BrN2O. The predicted molar refractivity (Wildman–Crippen MR) is 118 cm³/mol. The van der Waals surface area contributed by atoms with Gasteiger partial charge in [-0.1, -0.05) is 88.7 Å². The fourth-order valence-corrected chi connectivity index (χ4v) is 3.46. The average Bonchev–Trinajstić information content (AvgIpc) is 2.73. The van der Waals surface area contributed by atoms with Crippen molar-refractivity contribution in [1.29, 1.82) is 0 Å². The summed E-state index contributed by atoms with van der Waals surface area (Å²) in [4.78, 5) is 12.9. The Balaban J connectivity index is 1.74. The molecule has 0 atom stereocenters. The Hall–Kier alpha value is -2.72. The summed E-state index contributed by atoms with van der Waals surface area (Å²) >= 11 is 3.47. The van der Waals surface area contributed by atoms with Crippen molar-refractivity contribution in [3.63, 3.8) is 0 Å². The lowest BCUT2D eigenvalue weighted by Crippen LogP contribution is -2.30. The third-order valence-corrected chi connectivity index (χ3v) is 5.09. The molecule has 3 nitrogen and oxygen atoms in total. The first kappa shape index (κ1) is 20.0. The van der Waals surface area contributed by atoms with Crippen molar-refractivity contribution in [2.24, 2.45) is 11.0 Å². The fraction of sp³-hybridized carbons (Fsp3) is 0.167. The summed E-state index contributed by atoms with van der Waals surface area (Å²) in [6, 6.07) is 28.1. The third kappa shape index (κ3) is 5.89. The molecule has 0 heterocycles. The first-order chi connectivity index (χ1) is 13.6. The Morgan fingerprint density at radius 1 is 0.893 bits per heavy atom. The highest BCUT2D eigenvalue weighted by Crippen LogP contribution is 2.16. The van der Waals surface area contributed by atoms with Gasteiger partial charge in [0.1, 0.15) is 0 Å². The van der Waals surface area contributed by atoms with Crippen LogP contribution in [-0.2, 0) is 17.6 Å². The smallest absolute Gasteiger partial charge is 0.243 e. The van der Waals surface area contributed by atoms with Crippen LogP contribution in [0.2, 0.25) is 0 Å². The minimum Gasteiger partial charge on any atom is -0.273 e. The van der Waals surface area contributed by atoms with Crippen LogP contribution in [0.1, 0.15) is 23.6 Å². The Bertz CT molecular complexity index is 898. The zero-order valence-electron chi connectivity index (χ0n) is 15.8. The number of halogens is 1. The summed E-state index contributed by atoms with van der Waals surface area (Å²) in [5.74, 6) is -0.258. The molecule has 0 bridgehead atoms. The highest BCUT2D eigenvalue weighted by atomic mass is 79.9. The maximum Gasteiger partial charge on any atom is 0.243 e. The van der Waals surface area contributed by atoms with Gasteiger partial charge in [-0.2, -0.15) is 5.10 Å². The van der Waals surface area contributed by atoms with Gasteiger partial charge in [-0.3, -0.25) is 4.79 Å². The molecule has 3 aromatic rings. The Morgan fingerprint density at radius 3 is 2.00 bits per heavy atom. The van der Waals surface area contributed by atoms with Gasteiger partial charge < -0.3 is 0 Å². The largest absolute Gasteiger partial charge is 0.273 e. The van der Waals surface area contributed by atoms with E-state index in [1.807, 2.05) is 67.6 Å². The predicted octanol–water partition coefficient (Wildman–Crippen LogP) is 5.39. The molecule has 3 aromatic carbocycles. The average molecular weight is 435 g/mol. The molecule has 0 aliphatic carbocycles. The molecule has 3 rings (SSSR count). The summed E-state index contributed by atoms with van der Waals surface area (Å²) in [5, 5.41) is 4.34. The minimum absolute atomic E-state index is 0.0675. The van der Waals surface area contributed by atoms with Gasteiger partial charge in [0, 0.05) is 10.4 Å². The van der Waals surface area contributed by atoms with Gasteiger partial charge in [0.2, 0.25) is 5.91 Å². The summed E-state index contributed by atoms with van der Waals surface area (Å²) < 4.78 is 0.983. The highest BCUT2D eigenvalue weighted by molar-refractivity contribution is 9.10.